The topological polar surface area (TPSA) is 12.0 Å². The zero-order valence-electron chi connectivity index (χ0n) is 14.6. The van der Waals surface area contributed by atoms with Gasteiger partial charge in [-0.1, -0.05) is 0 Å². The summed E-state index contributed by atoms with van der Waals surface area (Å²) in [6, 6.07) is 2.63. The number of hydrogen-bond donors (Lipinski definition) is 1. The van der Waals surface area contributed by atoms with Crippen LogP contribution in [0.5, 0.6) is 0 Å². The Kier molecular flexibility index (Phi) is 4.60. The van der Waals surface area contributed by atoms with E-state index >= 15 is 0 Å². The van der Waals surface area contributed by atoms with E-state index in [4.69, 9.17) is 0 Å². The van der Waals surface area contributed by atoms with Gasteiger partial charge in [-0.25, -0.2) is 0 Å². The number of aryl methyl sites for hydroxylation is 2. The lowest BCUT2D eigenvalue weighted by Gasteiger charge is -2.25. The fourth-order valence-electron chi connectivity index (χ4n) is 3.13. The summed E-state index contributed by atoms with van der Waals surface area (Å²) in [5.74, 6) is 0. The van der Waals surface area contributed by atoms with Gasteiger partial charge in [0.25, 0.3) is 0 Å². The smallest absolute Gasteiger partial charge is 0.0674 e. The average Bonchev–Trinajstić information content (AvgIpc) is 2.78. The molecule has 2 aromatic rings. The van der Waals surface area contributed by atoms with Crippen LogP contribution in [0.3, 0.4) is 0 Å². The predicted molar refractivity (Wildman–Crippen MR) is 94.8 cm³/mol. The van der Waals surface area contributed by atoms with Gasteiger partial charge in [0.15, 0.2) is 0 Å². The molecule has 0 amide bonds. The van der Waals surface area contributed by atoms with Crippen LogP contribution >= 0.6 is 11.3 Å². The first-order valence-electron chi connectivity index (χ1n) is 7.60. The van der Waals surface area contributed by atoms with Crippen LogP contribution in [0.1, 0.15) is 54.7 Å². The number of rotatable bonds is 3. The molecule has 114 valence electrons. The van der Waals surface area contributed by atoms with Crippen molar-refractivity contribution in [3.05, 3.63) is 54.8 Å². The first kappa shape index (κ1) is 16.3. The fraction of sp³-hybridized carbons (Fsp3) is 0.474. The van der Waals surface area contributed by atoms with Gasteiger partial charge >= 0.3 is 0 Å². The maximum Gasteiger partial charge on any atom is 0.0674 e. The molecule has 1 N–H and O–H groups in total. The zero-order valence-corrected chi connectivity index (χ0v) is 15.4. The Morgan fingerprint density at radius 1 is 0.810 bits per heavy atom. The third-order valence-electron chi connectivity index (χ3n) is 5.10. The third-order valence-corrected chi connectivity index (χ3v) is 6.32. The van der Waals surface area contributed by atoms with Crippen LogP contribution in [0.2, 0.25) is 0 Å². The van der Waals surface area contributed by atoms with Crippen LogP contribution in [0.25, 0.3) is 0 Å². The highest BCUT2D eigenvalue weighted by Gasteiger charge is 2.22. The number of nitrogens with one attached hydrogen (secondary N) is 1. The van der Waals surface area contributed by atoms with Crippen LogP contribution in [0.15, 0.2) is 6.07 Å². The predicted octanol–water partition coefficient (Wildman–Crippen LogP) is 5.22. The molecule has 0 saturated carbocycles. The van der Waals surface area contributed by atoms with Crippen LogP contribution in [-0.2, 0) is 0 Å². The minimum Gasteiger partial charge on any atom is -0.309 e. The number of thiophene rings is 1. The summed E-state index contributed by atoms with van der Waals surface area (Å²) in [4.78, 5) is 2.84. The van der Waals surface area contributed by atoms with Crippen molar-refractivity contribution in [2.45, 2.75) is 54.5 Å². The van der Waals surface area contributed by atoms with Gasteiger partial charge in [0, 0.05) is 9.75 Å². The molecule has 2 heteroatoms. The second kappa shape index (κ2) is 5.94. The van der Waals surface area contributed by atoms with Gasteiger partial charge in [-0.15, -0.1) is 11.3 Å². The highest BCUT2D eigenvalue weighted by atomic mass is 32.1. The van der Waals surface area contributed by atoms with E-state index in [2.05, 4.69) is 66.9 Å². The monoisotopic (exact) mass is 301 g/mol. The maximum absolute atomic E-state index is 3.54. The van der Waals surface area contributed by atoms with E-state index in [-0.39, 0.29) is 0 Å². The minimum atomic E-state index is 0.292. The van der Waals surface area contributed by atoms with Crippen LogP contribution in [0.4, 0.5) is 0 Å². The van der Waals surface area contributed by atoms with Crippen molar-refractivity contribution in [3.8, 4) is 0 Å². The molecule has 0 radical (unpaired) electrons. The van der Waals surface area contributed by atoms with Crippen molar-refractivity contribution in [1.29, 1.82) is 0 Å². The van der Waals surface area contributed by atoms with E-state index in [9.17, 15) is 0 Å². The molecule has 0 aliphatic rings. The van der Waals surface area contributed by atoms with Crippen molar-refractivity contribution in [3.63, 3.8) is 0 Å². The van der Waals surface area contributed by atoms with Crippen molar-refractivity contribution in [2.24, 2.45) is 0 Å². The molecule has 1 heterocycles. The van der Waals surface area contributed by atoms with Gasteiger partial charge in [0.05, 0.1) is 6.04 Å². The summed E-state index contributed by atoms with van der Waals surface area (Å²) in [7, 11) is 2.07. The lowest BCUT2D eigenvalue weighted by Crippen LogP contribution is -2.20. The molecule has 0 saturated heterocycles. The third kappa shape index (κ3) is 2.67. The average molecular weight is 301 g/mol. The summed E-state index contributed by atoms with van der Waals surface area (Å²) in [6.07, 6.45) is 0. The molecule has 1 unspecified atom stereocenters. The number of benzene rings is 1. The van der Waals surface area contributed by atoms with E-state index in [1.54, 1.807) is 0 Å². The zero-order chi connectivity index (χ0) is 15.9. The molecule has 1 aromatic heterocycles. The van der Waals surface area contributed by atoms with Gasteiger partial charge in [-0.05, 0) is 101 Å². The lowest BCUT2D eigenvalue weighted by molar-refractivity contribution is 0.692. The van der Waals surface area contributed by atoms with Crippen molar-refractivity contribution in [1.82, 2.24) is 5.32 Å². The van der Waals surface area contributed by atoms with Gasteiger partial charge in [-0.2, -0.15) is 0 Å². The fourth-order valence-corrected chi connectivity index (χ4v) is 4.30. The highest BCUT2D eigenvalue weighted by molar-refractivity contribution is 7.12. The normalized spacial score (nSPS) is 12.8. The molecule has 21 heavy (non-hydrogen) atoms. The Balaban J connectivity index is 2.68. The van der Waals surface area contributed by atoms with Crippen LogP contribution < -0.4 is 5.32 Å². The summed E-state index contributed by atoms with van der Waals surface area (Å²) >= 11 is 1.91. The quantitative estimate of drug-likeness (QED) is 0.820. The van der Waals surface area contributed by atoms with Gasteiger partial charge in [-0.3, -0.25) is 0 Å². The summed E-state index contributed by atoms with van der Waals surface area (Å²) in [5, 5.41) is 3.54. The van der Waals surface area contributed by atoms with Crippen LogP contribution in [0, 0.1) is 48.5 Å². The Labute approximate surface area is 133 Å². The second-order valence-electron chi connectivity index (χ2n) is 6.15. The first-order chi connectivity index (χ1) is 9.79. The Hall–Kier alpha value is -1.12. The van der Waals surface area contributed by atoms with E-state index in [0.717, 1.165) is 0 Å². The van der Waals surface area contributed by atoms with E-state index < -0.39 is 0 Å². The maximum atomic E-state index is 3.54. The molecular weight excluding hydrogens is 274 g/mol. The van der Waals surface area contributed by atoms with Crippen molar-refractivity contribution in [2.75, 3.05) is 7.05 Å². The van der Waals surface area contributed by atoms with Gasteiger partial charge in [0.1, 0.15) is 0 Å². The molecule has 0 aliphatic carbocycles. The first-order valence-corrected chi connectivity index (χ1v) is 8.42. The molecule has 0 aliphatic heterocycles. The Morgan fingerprint density at radius 3 is 1.67 bits per heavy atom. The van der Waals surface area contributed by atoms with Crippen LogP contribution in [-0.4, -0.2) is 7.05 Å². The van der Waals surface area contributed by atoms with Gasteiger partial charge < -0.3 is 5.32 Å². The largest absolute Gasteiger partial charge is 0.309 e. The molecular formula is C19H27NS. The lowest BCUT2D eigenvalue weighted by atomic mass is 9.86. The van der Waals surface area contributed by atoms with Crippen molar-refractivity contribution >= 4 is 11.3 Å². The van der Waals surface area contributed by atoms with E-state index in [1.807, 2.05) is 11.3 Å². The van der Waals surface area contributed by atoms with E-state index in [1.165, 1.54) is 48.7 Å². The minimum absolute atomic E-state index is 0.292. The standard InChI is InChI=1S/C19H27NS/c1-10-9-17(21-16(10)7)19(20-8)18-14(5)12(3)11(2)13(4)15(18)6/h9,19-20H,1-8H3. The summed E-state index contributed by atoms with van der Waals surface area (Å²) < 4.78 is 0. The van der Waals surface area contributed by atoms with Crippen molar-refractivity contribution < 1.29 is 0 Å². The highest BCUT2D eigenvalue weighted by Crippen LogP contribution is 2.36. The number of hydrogen-bond acceptors (Lipinski definition) is 2. The Bertz CT molecular complexity index is 631. The van der Waals surface area contributed by atoms with Gasteiger partial charge in [0.2, 0.25) is 0 Å². The molecule has 2 rings (SSSR count). The summed E-state index contributed by atoms with van der Waals surface area (Å²) in [6.45, 7) is 15.7. The Morgan fingerprint density at radius 2 is 1.29 bits per heavy atom. The molecule has 1 atom stereocenters. The SMILES string of the molecule is CNC(c1cc(C)c(C)s1)c1c(C)c(C)c(C)c(C)c1C. The molecule has 0 spiro atoms. The molecule has 1 aromatic carbocycles. The molecule has 1 nitrogen and oxygen atoms in total. The summed E-state index contributed by atoms with van der Waals surface area (Å²) in [5.41, 5.74) is 10.0. The second-order valence-corrected chi connectivity index (χ2v) is 7.44. The molecule has 0 bridgehead atoms. The molecule has 0 fully saturated rings. The van der Waals surface area contributed by atoms with E-state index in [0.29, 0.717) is 6.04 Å².